The quantitative estimate of drug-likeness (QED) is 0.774. The minimum atomic E-state index is -4.71. The van der Waals surface area contributed by atoms with Gasteiger partial charge in [-0.2, -0.15) is 18.4 Å². The molecule has 0 N–H and O–H groups in total. The van der Waals surface area contributed by atoms with Gasteiger partial charge in [-0.25, -0.2) is 0 Å². The van der Waals surface area contributed by atoms with Crippen molar-refractivity contribution in [3.8, 4) is 6.07 Å². The van der Waals surface area contributed by atoms with E-state index in [9.17, 15) is 22.8 Å². The fourth-order valence-electron chi connectivity index (χ4n) is 3.56. The van der Waals surface area contributed by atoms with Crippen LogP contribution in [0.2, 0.25) is 0 Å². The van der Waals surface area contributed by atoms with Gasteiger partial charge < -0.3 is 9.42 Å². The fourth-order valence-corrected chi connectivity index (χ4v) is 3.56. The fraction of sp³-hybridized carbons (Fsp3) is 0.500. The second-order valence-electron chi connectivity index (χ2n) is 7.16. The van der Waals surface area contributed by atoms with Crippen LogP contribution >= 0.6 is 0 Å². The average Bonchev–Trinajstić information content (AvgIpc) is 2.96. The summed E-state index contributed by atoms with van der Waals surface area (Å²) in [7, 11) is 0. The molecule has 1 aromatic heterocycles. The number of nitrogens with zero attached hydrogens (tertiary/aromatic N) is 3. The molecule has 0 saturated carbocycles. The second kappa shape index (κ2) is 5.18. The highest BCUT2D eigenvalue weighted by Gasteiger charge is 2.52. The van der Waals surface area contributed by atoms with Gasteiger partial charge in [0.05, 0.1) is 5.57 Å². The van der Waals surface area contributed by atoms with E-state index in [-0.39, 0.29) is 24.4 Å². The summed E-state index contributed by atoms with van der Waals surface area (Å²) >= 11 is 0. The van der Waals surface area contributed by atoms with Crippen molar-refractivity contribution in [1.82, 2.24) is 10.1 Å². The van der Waals surface area contributed by atoms with Crippen molar-refractivity contribution < 1.29 is 27.3 Å². The highest BCUT2D eigenvalue weighted by Crippen LogP contribution is 2.48. The van der Waals surface area contributed by atoms with Gasteiger partial charge in [0, 0.05) is 30.0 Å². The van der Waals surface area contributed by atoms with Crippen LogP contribution in [-0.2, 0) is 11.0 Å². The molecule has 9 heteroatoms. The number of carbonyl (C=O) groups excluding carboxylic acids is 2. The smallest absolute Gasteiger partial charge is 0.351 e. The predicted octanol–water partition coefficient (Wildman–Crippen LogP) is 2.58. The third-order valence-corrected chi connectivity index (χ3v) is 4.53. The van der Waals surface area contributed by atoms with Crippen LogP contribution in [0.5, 0.6) is 0 Å². The van der Waals surface area contributed by atoms with Crippen molar-refractivity contribution in [2.24, 2.45) is 10.8 Å². The molecule has 0 aromatic carbocycles. The number of hydrogen-bond acceptors (Lipinski definition) is 5. The number of nitriles is 1. The zero-order valence-electron chi connectivity index (χ0n) is 13.5. The van der Waals surface area contributed by atoms with Gasteiger partial charge >= 0.3 is 6.18 Å². The van der Waals surface area contributed by atoms with Crippen molar-refractivity contribution in [3.63, 3.8) is 0 Å². The zero-order chi connectivity index (χ0) is 18.6. The molecule has 1 spiro atoms. The van der Waals surface area contributed by atoms with E-state index in [0.717, 1.165) is 0 Å². The first-order chi connectivity index (χ1) is 11.5. The number of rotatable bonds is 1. The molecule has 3 rings (SSSR count). The maximum Gasteiger partial charge on any atom is 0.452 e. The monoisotopic (exact) mass is 353 g/mol. The molecule has 0 atom stereocenters. The van der Waals surface area contributed by atoms with E-state index in [1.807, 2.05) is 6.07 Å². The topological polar surface area (TPSA) is 87.2 Å². The number of carbonyl (C=O) groups is 2. The molecule has 0 bridgehead atoms. The number of aromatic nitrogens is 1. The maximum absolute atomic E-state index is 12.5. The summed E-state index contributed by atoms with van der Waals surface area (Å²) in [6, 6.07) is 2.45. The summed E-state index contributed by atoms with van der Waals surface area (Å²) in [6.45, 7) is 3.89. The SMILES string of the molecule is CC1(C)CC2(C=C(C#N)C1=O)CN(C(=O)c1cc(C(F)(F)F)on1)C2. The van der Waals surface area contributed by atoms with Crippen LogP contribution in [0.3, 0.4) is 0 Å². The minimum Gasteiger partial charge on any atom is -0.351 e. The number of ketones is 1. The Morgan fingerprint density at radius 2 is 2.04 bits per heavy atom. The number of likely N-dealkylation sites (tertiary alicyclic amines) is 1. The van der Waals surface area contributed by atoms with Crippen molar-refractivity contribution in [1.29, 1.82) is 5.26 Å². The Bertz CT molecular complexity index is 824. The van der Waals surface area contributed by atoms with Crippen LogP contribution in [0, 0.1) is 22.2 Å². The molecule has 2 heterocycles. The zero-order valence-corrected chi connectivity index (χ0v) is 13.5. The molecule has 1 aliphatic carbocycles. The van der Waals surface area contributed by atoms with E-state index in [1.165, 1.54) is 4.90 Å². The molecule has 6 nitrogen and oxygen atoms in total. The summed E-state index contributed by atoms with van der Waals surface area (Å²) in [6.07, 6.45) is -2.67. The molecule has 1 amide bonds. The lowest BCUT2D eigenvalue weighted by Gasteiger charge is -2.53. The molecule has 132 valence electrons. The first kappa shape index (κ1) is 17.2. The molecular formula is C16H14F3N3O3. The number of Topliss-reactive ketones (excluding diaryl/α,β-unsaturated/α-hetero) is 1. The van der Waals surface area contributed by atoms with E-state index >= 15 is 0 Å². The summed E-state index contributed by atoms with van der Waals surface area (Å²) in [5.41, 5.74) is -1.61. The van der Waals surface area contributed by atoms with E-state index in [4.69, 9.17) is 5.26 Å². The van der Waals surface area contributed by atoms with Gasteiger partial charge in [0.2, 0.25) is 5.76 Å². The molecule has 1 aromatic rings. The van der Waals surface area contributed by atoms with E-state index in [0.29, 0.717) is 12.5 Å². The molecular weight excluding hydrogens is 339 g/mol. The highest BCUT2D eigenvalue weighted by molar-refractivity contribution is 6.04. The number of amides is 1. The van der Waals surface area contributed by atoms with Crippen LogP contribution in [0.25, 0.3) is 0 Å². The van der Waals surface area contributed by atoms with Crippen LogP contribution in [-0.4, -0.2) is 34.8 Å². The summed E-state index contributed by atoms with van der Waals surface area (Å²) in [5.74, 6) is -2.25. The van der Waals surface area contributed by atoms with E-state index in [1.54, 1.807) is 19.9 Å². The molecule has 1 fully saturated rings. The van der Waals surface area contributed by atoms with Crippen molar-refractivity contribution in [2.45, 2.75) is 26.4 Å². The minimum absolute atomic E-state index is 0.0594. The standard InChI is InChI=1S/C16H14F3N3O3/c1-14(2)6-15(4-9(5-20)12(14)23)7-22(8-15)13(24)10-3-11(25-21-10)16(17,18)19/h3-4H,6-8H2,1-2H3. The molecule has 0 radical (unpaired) electrons. The first-order valence-electron chi connectivity index (χ1n) is 7.48. The lowest BCUT2D eigenvalue weighted by molar-refractivity contribution is -0.155. The van der Waals surface area contributed by atoms with Crippen molar-refractivity contribution >= 4 is 11.7 Å². The maximum atomic E-state index is 12.5. The van der Waals surface area contributed by atoms with Crippen LogP contribution in [0.4, 0.5) is 13.2 Å². The Balaban J connectivity index is 1.77. The predicted molar refractivity (Wildman–Crippen MR) is 76.9 cm³/mol. The van der Waals surface area contributed by atoms with Gasteiger partial charge in [-0.05, 0) is 6.42 Å². The lowest BCUT2D eigenvalue weighted by atomic mass is 9.61. The van der Waals surface area contributed by atoms with Gasteiger partial charge in [-0.3, -0.25) is 9.59 Å². The normalized spacial score (nSPS) is 21.5. The summed E-state index contributed by atoms with van der Waals surface area (Å²) in [5, 5.41) is 12.3. The van der Waals surface area contributed by atoms with E-state index < -0.39 is 34.4 Å². The molecule has 0 unspecified atom stereocenters. The lowest BCUT2D eigenvalue weighted by Crippen LogP contribution is -2.60. The Kier molecular flexibility index (Phi) is 3.56. The van der Waals surface area contributed by atoms with Crippen LogP contribution in [0.15, 0.2) is 22.2 Å². The molecule has 25 heavy (non-hydrogen) atoms. The van der Waals surface area contributed by atoms with Gasteiger partial charge in [0.25, 0.3) is 5.91 Å². The van der Waals surface area contributed by atoms with Gasteiger partial charge in [-0.15, -0.1) is 0 Å². The second-order valence-corrected chi connectivity index (χ2v) is 7.16. The van der Waals surface area contributed by atoms with Crippen LogP contribution in [0.1, 0.15) is 36.5 Å². The van der Waals surface area contributed by atoms with Gasteiger partial charge in [0.1, 0.15) is 6.07 Å². The summed E-state index contributed by atoms with van der Waals surface area (Å²) < 4.78 is 41.7. The molecule has 2 aliphatic rings. The number of allylic oxidation sites excluding steroid dienone is 1. The van der Waals surface area contributed by atoms with Crippen LogP contribution < -0.4 is 0 Å². The number of alkyl halides is 3. The summed E-state index contributed by atoms with van der Waals surface area (Å²) in [4.78, 5) is 25.7. The molecule has 1 aliphatic heterocycles. The largest absolute Gasteiger partial charge is 0.452 e. The first-order valence-corrected chi connectivity index (χ1v) is 7.48. The third-order valence-electron chi connectivity index (χ3n) is 4.53. The highest BCUT2D eigenvalue weighted by atomic mass is 19.4. The van der Waals surface area contributed by atoms with Crippen molar-refractivity contribution in [3.05, 3.63) is 29.2 Å². The number of halogens is 3. The van der Waals surface area contributed by atoms with E-state index in [2.05, 4.69) is 9.68 Å². The Hall–Kier alpha value is -2.63. The third kappa shape index (κ3) is 2.81. The Morgan fingerprint density at radius 3 is 2.56 bits per heavy atom. The number of hydrogen-bond donors (Lipinski definition) is 0. The average molecular weight is 353 g/mol. The van der Waals surface area contributed by atoms with Gasteiger partial charge in [-0.1, -0.05) is 25.1 Å². The Morgan fingerprint density at radius 1 is 1.40 bits per heavy atom. The Labute approximate surface area is 140 Å². The van der Waals surface area contributed by atoms with Gasteiger partial charge in [0.15, 0.2) is 11.5 Å². The molecule has 1 saturated heterocycles. The van der Waals surface area contributed by atoms with Crippen molar-refractivity contribution in [2.75, 3.05) is 13.1 Å².